The molecule has 1 aromatic carbocycles. The molecule has 2 aromatic rings. The molecule has 0 spiro atoms. The maximum absolute atomic E-state index is 12.5. The number of aromatic nitrogens is 2. The maximum atomic E-state index is 12.5. The fraction of sp³-hybridized carbons (Fsp3) is 0.375. The summed E-state index contributed by atoms with van der Waals surface area (Å²) in [6.45, 7) is 3.73. The number of amides is 1. The normalized spacial score (nSPS) is 17.1. The highest BCUT2D eigenvalue weighted by Crippen LogP contribution is 2.31. The minimum atomic E-state index is 0.158. The van der Waals surface area contributed by atoms with Crippen molar-refractivity contribution in [2.75, 3.05) is 37.7 Å². The van der Waals surface area contributed by atoms with Crippen LogP contribution in [0.2, 0.25) is 0 Å². The Labute approximate surface area is 128 Å². The standard InChI is InChI=1S/C16H18N4O2/c21-16(18-5-7-22-8-6-18)11-19-10-13-9-17-12-20(13)15-4-2-1-3-14(15)19/h1-4,9,12H,5-8,10-11H2. The van der Waals surface area contributed by atoms with Crippen LogP contribution in [0, 0.1) is 0 Å². The fourth-order valence-corrected chi connectivity index (χ4v) is 3.09. The van der Waals surface area contributed by atoms with E-state index in [0.717, 1.165) is 17.1 Å². The van der Waals surface area contributed by atoms with E-state index in [4.69, 9.17) is 4.74 Å². The number of ether oxygens (including phenoxy) is 1. The van der Waals surface area contributed by atoms with Crippen LogP contribution in [0.1, 0.15) is 5.69 Å². The van der Waals surface area contributed by atoms with Crippen molar-refractivity contribution in [3.63, 3.8) is 0 Å². The Morgan fingerprint density at radius 3 is 2.77 bits per heavy atom. The molecule has 1 amide bonds. The van der Waals surface area contributed by atoms with Gasteiger partial charge in [0.25, 0.3) is 0 Å². The van der Waals surface area contributed by atoms with E-state index in [0.29, 0.717) is 39.4 Å². The molecule has 0 unspecified atom stereocenters. The number of hydrogen-bond acceptors (Lipinski definition) is 4. The third-order valence-electron chi connectivity index (χ3n) is 4.24. The molecule has 2 aliphatic heterocycles. The fourth-order valence-electron chi connectivity index (χ4n) is 3.09. The van der Waals surface area contributed by atoms with Crippen molar-refractivity contribution < 1.29 is 9.53 Å². The third kappa shape index (κ3) is 2.25. The van der Waals surface area contributed by atoms with Gasteiger partial charge in [0.2, 0.25) is 5.91 Å². The van der Waals surface area contributed by atoms with Gasteiger partial charge in [-0.05, 0) is 12.1 Å². The van der Waals surface area contributed by atoms with Crippen LogP contribution in [0.15, 0.2) is 36.8 Å². The smallest absolute Gasteiger partial charge is 0.242 e. The summed E-state index contributed by atoms with van der Waals surface area (Å²) in [5, 5.41) is 0. The molecule has 0 N–H and O–H groups in total. The molecule has 22 heavy (non-hydrogen) atoms. The number of carbonyl (C=O) groups is 1. The summed E-state index contributed by atoms with van der Waals surface area (Å²) < 4.78 is 7.40. The molecule has 4 rings (SSSR count). The van der Waals surface area contributed by atoms with Crippen molar-refractivity contribution in [2.45, 2.75) is 6.54 Å². The van der Waals surface area contributed by atoms with E-state index in [1.807, 2.05) is 29.6 Å². The monoisotopic (exact) mass is 298 g/mol. The number of fused-ring (bicyclic) bond motifs is 3. The number of anilines is 1. The molecule has 6 heteroatoms. The van der Waals surface area contributed by atoms with Crippen LogP contribution < -0.4 is 4.90 Å². The number of para-hydroxylation sites is 2. The van der Waals surface area contributed by atoms with Crippen LogP contribution in [0.25, 0.3) is 5.69 Å². The zero-order valence-electron chi connectivity index (χ0n) is 12.3. The molecule has 2 aliphatic rings. The second-order valence-corrected chi connectivity index (χ2v) is 5.59. The molecule has 114 valence electrons. The number of benzene rings is 1. The van der Waals surface area contributed by atoms with E-state index < -0.39 is 0 Å². The molecule has 1 saturated heterocycles. The number of hydrogen-bond donors (Lipinski definition) is 0. The minimum absolute atomic E-state index is 0.158. The Balaban J connectivity index is 1.59. The first kappa shape index (κ1) is 13.3. The van der Waals surface area contributed by atoms with Gasteiger partial charge >= 0.3 is 0 Å². The van der Waals surface area contributed by atoms with Crippen molar-refractivity contribution in [1.29, 1.82) is 0 Å². The second kappa shape index (κ2) is 5.46. The minimum Gasteiger partial charge on any atom is -0.378 e. The number of imidazole rings is 1. The molecule has 0 radical (unpaired) electrons. The summed E-state index contributed by atoms with van der Waals surface area (Å²) in [6.07, 6.45) is 3.69. The molecular weight excluding hydrogens is 280 g/mol. The summed E-state index contributed by atoms with van der Waals surface area (Å²) in [6, 6.07) is 8.14. The predicted octanol–water partition coefficient (Wildman–Crippen LogP) is 1.05. The zero-order valence-corrected chi connectivity index (χ0v) is 12.3. The van der Waals surface area contributed by atoms with Crippen molar-refractivity contribution in [1.82, 2.24) is 14.5 Å². The SMILES string of the molecule is O=C(CN1Cc2cncn2-c2ccccc21)N1CCOCC1. The second-order valence-electron chi connectivity index (χ2n) is 5.59. The van der Waals surface area contributed by atoms with Gasteiger partial charge in [0.15, 0.2) is 0 Å². The number of morpholine rings is 1. The molecule has 1 fully saturated rings. The Morgan fingerprint density at radius 2 is 1.95 bits per heavy atom. The lowest BCUT2D eigenvalue weighted by Gasteiger charge is -2.34. The first-order valence-electron chi connectivity index (χ1n) is 7.54. The average molecular weight is 298 g/mol. The summed E-state index contributed by atoms with van der Waals surface area (Å²) in [4.78, 5) is 20.8. The van der Waals surface area contributed by atoms with Crippen LogP contribution >= 0.6 is 0 Å². The van der Waals surface area contributed by atoms with Crippen LogP contribution in [0.5, 0.6) is 0 Å². The van der Waals surface area contributed by atoms with Gasteiger partial charge in [-0.1, -0.05) is 12.1 Å². The maximum Gasteiger partial charge on any atom is 0.242 e. The first-order valence-corrected chi connectivity index (χ1v) is 7.54. The lowest BCUT2D eigenvalue weighted by molar-refractivity contribution is -0.133. The summed E-state index contributed by atoms with van der Waals surface area (Å²) >= 11 is 0. The average Bonchev–Trinajstić information content (AvgIpc) is 3.04. The van der Waals surface area contributed by atoms with E-state index in [2.05, 4.69) is 26.6 Å². The Morgan fingerprint density at radius 1 is 1.18 bits per heavy atom. The predicted molar refractivity (Wildman–Crippen MR) is 82.0 cm³/mol. The van der Waals surface area contributed by atoms with E-state index >= 15 is 0 Å². The lowest BCUT2D eigenvalue weighted by Crippen LogP contribution is -2.46. The summed E-state index contributed by atoms with van der Waals surface area (Å²) in [5.74, 6) is 0.158. The summed E-state index contributed by atoms with van der Waals surface area (Å²) in [5.41, 5.74) is 3.26. The van der Waals surface area contributed by atoms with Crippen molar-refractivity contribution in [3.05, 3.63) is 42.5 Å². The van der Waals surface area contributed by atoms with E-state index in [9.17, 15) is 4.79 Å². The van der Waals surface area contributed by atoms with Gasteiger partial charge in [-0.2, -0.15) is 0 Å². The van der Waals surface area contributed by atoms with Gasteiger partial charge in [0.05, 0.1) is 55.9 Å². The first-order chi connectivity index (χ1) is 10.8. The lowest BCUT2D eigenvalue weighted by atomic mass is 10.1. The van der Waals surface area contributed by atoms with Crippen molar-refractivity contribution >= 4 is 11.6 Å². The highest BCUT2D eigenvalue weighted by Gasteiger charge is 2.25. The largest absolute Gasteiger partial charge is 0.378 e. The number of nitrogens with zero attached hydrogens (tertiary/aromatic N) is 4. The van der Waals surface area contributed by atoms with Crippen LogP contribution in [0.3, 0.4) is 0 Å². The Kier molecular flexibility index (Phi) is 3.31. The van der Waals surface area contributed by atoms with Gasteiger partial charge < -0.3 is 14.5 Å². The van der Waals surface area contributed by atoms with Gasteiger partial charge in [-0.15, -0.1) is 0 Å². The highest BCUT2D eigenvalue weighted by molar-refractivity contribution is 5.83. The van der Waals surface area contributed by atoms with Crippen LogP contribution in [-0.2, 0) is 16.1 Å². The molecule has 0 saturated carbocycles. The van der Waals surface area contributed by atoms with Crippen LogP contribution in [-0.4, -0.2) is 53.2 Å². The van der Waals surface area contributed by atoms with Crippen molar-refractivity contribution in [3.8, 4) is 5.69 Å². The summed E-state index contributed by atoms with van der Waals surface area (Å²) in [7, 11) is 0. The molecule has 0 atom stereocenters. The molecule has 0 aliphatic carbocycles. The Hall–Kier alpha value is -2.34. The van der Waals surface area contributed by atoms with E-state index in [1.54, 1.807) is 0 Å². The van der Waals surface area contributed by atoms with Gasteiger partial charge in [0, 0.05) is 13.1 Å². The van der Waals surface area contributed by atoms with E-state index in [-0.39, 0.29) is 5.91 Å². The molecule has 0 bridgehead atoms. The van der Waals surface area contributed by atoms with E-state index in [1.165, 1.54) is 0 Å². The molecule has 6 nitrogen and oxygen atoms in total. The van der Waals surface area contributed by atoms with Gasteiger partial charge in [-0.25, -0.2) is 4.98 Å². The zero-order chi connectivity index (χ0) is 14.9. The third-order valence-corrected chi connectivity index (χ3v) is 4.24. The molecular formula is C16H18N4O2. The quantitative estimate of drug-likeness (QED) is 0.831. The van der Waals surface area contributed by atoms with Gasteiger partial charge in [-0.3, -0.25) is 9.36 Å². The Bertz CT molecular complexity index is 691. The number of carbonyl (C=O) groups excluding carboxylic acids is 1. The topological polar surface area (TPSA) is 50.6 Å². The van der Waals surface area contributed by atoms with Crippen LogP contribution in [0.4, 0.5) is 5.69 Å². The van der Waals surface area contributed by atoms with Gasteiger partial charge in [0.1, 0.15) is 0 Å². The highest BCUT2D eigenvalue weighted by atomic mass is 16.5. The molecule has 1 aromatic heterocycles. The number of rotatable bonds is 2. The van der Waals surface area contributed by atoms with Crippen molar-refractivity contribution in [2.24, 2.45) is 0 Å². The molecule has 3 heterocycles.